The molecule has 1 rings (SSSR count). The Balaban J connectivity index is 2.35. The van der Waals surface area contributed by atoms with Crippen molar-refractivity contribution in [3.63, 3.8) is 0 Å². The molecule has 2 N–H and O–H groups in total. The monoisotopic (exact) mass is 229 g/mol. The average Bonchev–Trinajstić information content (AvgIpc) is 2.29. The first-order valence-corrected chi connectivity index (χ1v) is 5.78. The van der Waals surface area contributed by atoms with Crippen molar-refractivity contribution in [2.45, 2.75) is 51.2 Å². The van der Waals surface area contributed by atoms with Gasteiger partial charge in [-0.25, -0.2) is 9.59 Å². The highest BCUT2D eigenvalue weighted by molar-refractivity contribution is 5.98. The smallest absolute Gasteiger partial charge is 0.334 e. The molecular formula is C11H19NO4. The maximum atomic E-state index is 11.5. The summed E-state index contributed by atoms with van der Waals surface area (Å²) in [5, 5.41) is 0. The van der Waals surface area contributed by atoms with Crippen LogP contribution in [0.15, 0.2) is 0 Å². The number of carbonyl (C=O) groups is 2. The largest absolute Gasteiger partial charge is 0.464 e. The summed E-state index contributed by atoms with van der Waals surface area (Å²) >= 11 is 0. The van der Waals surface area contributed by atoms with Gasteiger partial charge in [0.2, 0.25) is 6.04 Å². The van der Waals surface area contributed by atoms with E-state index in [1.165, 1.54) is 6.42 Å². The molecule has 92 valence electrons. The lowest BCUT2D eigenvalue weighted by Crippen LogP contribution is -2.42. The van der Waals surface area contributed by atoms with E-state index in [0.717, 1.165) is 25.7 Å². The van der Waals surface area contributed by atoms with Crippen molar-refractivity contribution < 1.29 is 19.1 Å². The third-order valence-corrected chi connectivity index (χ3v) is 2.63. The highest BCUT2D eigenvalue weighted by Crippen LogP contribution is 2.20. The van der Waals surface area contributed by atoms with Gasteiger partial charge in [-0.3, -0.25) is 0 Å². The van der Waals surface area contributed by atoms with E-state index in [1.807, 2.05) is 0 Å². The van der Waals surface area contributed by atoms with Crippen LogP contribution in [0.3, 0.4) is 0 Å². The number of esters is 2. The van der Waals surface area contributed by atoms with Crippen LogP contribution >= 0.6 is 0 Å². The van der Waals surface area contributed by atoms with Crippen molar-refractivity contribution in [3.05, 3.63) is 0 Å². The Morgan fingerprint density at radius 3 is 2.44 bits per heavy atom. The van der Waals surface area contributed by atoms with Gasteiger partial charge < -0.3 is 15.2 Å². The molecule has 0 aromatic rings. The molecule has 0 aliphatic heterocycles. The molecule has 0 aromatic carbocycles. The van der Waals surface area contributed by atoms with Gasteiger partial charge in [0.25, 0.3) is 0 Å². The summed E-state index contributed by atoms with van der Waals surface area (Å²) in [7, 11) is 0. The fourth-order valence-corrected chi connectivity index (χ4v) is 1.75. The molecule has 1 aliphatic carbocycles. The summed E-state index contributed by atoms with van der Waals surface area (Å²) in [6.07, 6.45) is 4.95. The molecule has 1 saturated carbocycles. The SMILES string of the molecule is CCOC(=O)C(N)C(=O)OC1CCCCC1. The third-order valence-electron chi connectivity index (χ3n) is 2.63. The van der Waals surface area contributed by atoms with Gasteiger partial charge in [0.1, 0.15) is 6.10 Å². The molecular weight excluding hydrogens is 210 g/mol. The van der Waals surface area contributed by atoms with Gasteiger partial charge in [0.05, 0.1) is 6.61 Å². The van der Waals surface area contributed by atoms with Gasteiger partial charge in [-0.2, -0.15) is 0 Å². The number of carbonyl (C=O) groups excluding carboxylic acids is 2. The van der Waals surface area contributed by atoms with Crippen LogP contribution in [0.4, 0.5) is 0 Å². The van der Waals surface area contributed by atoms with Gasteiger partial charge in [-0.05, 0) is 32.6 Å². The number of nitrogens with two attached hydrogens (primary N) is 1. The molecule has 5 heteroatoms. The van der Waals surface area contributed by atoms with E-state index >= 15 is 0 Å². The fourth-order valence-electron chi connectivity index (χ4n) is 1.75. The van der Waals surface area contributed by atoms with E-state index in [0.29, 0.717) is 0 Å². The summed E-state index contributed by atoms with van der Waals surface area (Å²) in [5.74, 6) is -1.39. The summed E-state index contributed by atoms with van der Waals surface area (Å²) in [6.45, 7) is 1.88. The lowest BCUT2D eigenvalue weighted by atomic mass is 9.98. The van der Waals surface area contributed by atoms with Gasteiger partial charge in [-0.1, -0.05) is 6.42 Å². The topological polar surface area (TPSA) is 78.6 Å². The van der Waals surface area contributed by atoms with Crippen LogP contribution in [0.5, 0.6) is 0 Å². The van der Waals surface area contributed by atoms with Crippen LogP contribution in [0, 0.1) is 0 Å². The summed E-state index contributed by atoms with van der Waals surface area (Å²) in [6, 6.07) is -1.30. The van der Waals surface area contributed by atoms with Gasteiger partial charge >= 0.3 is 11.9 Å². The Bertz CT molecular complexity index is 248. The molecule has 0 bridgehead atoms. The number of hydrogen-bond acceptors (Lipinski definition) is 5. The molecule has 5 nitrogen and oxygen atoms in total. The van der Waals surface area contributed by atoms with E-state index < -0.39 is 18.0 Å². The molecule has 0 radical (unpaired) electrons. The maximum absolute atomic E-state index is 11.5. The minimum Gasteiger partial charge on any atom is -0.464 e. The Labute approximate surface area is 95.3 Å². The van der Waals surface area contributed by atoms with E-state index in [2.05, 4.69) is 4.74 Å². The van der Waals surface area contributed by atoms with Crippen molar-refractivity contribution in [1.29, 1.82) is 0 Å². The lowest BCUT2D eigenvalue weighted by Gasteiger charge is -2.22. The highest BCUT2D eigenvalue weighted by atomic mass is 16.6. The Morgan fingerprint density at radius 1 is 1.25 bits per heavy atom. The Hall–Kier alpha value is -1.10. The zero-order valence-electron chi connectivity index (χ0n) is 9.61. The first-order chi connectivity index (χ1) is 7.65. The van der Waals surface area contributed by atoms with Crippen LogP contribution in [0.1, 0.15) is 39.0 Å². The van der Waals surface area contributed by atoms with E-state index in [9.17, 15) is 9.59 Å². The predicted molar refractivity (Wildman–Crippen MR) is 57.6 cm³/mol. The second kappa shape index (κ2) is 6.48. The average molecular weight is 229 g/mol. The lowest BCUT2D eigenvalue weighted by molar-refractivity contribution is -0.160. The molecule has 1 fully saturated rings. The minimum atomic E-state index is -1.30. The quantitative estimate of drug-likeness (QED) is 0.568. The standard InChI is InChI=1S/C11H19NO4/c1-2-15-10(13)9(12)11(14)16-8-6-4-3-5-7-8/h8-9H,2-7,12H2,1H3. The van der Waals surface area contributed by atoms with Crippen LogP contribution in [-0.2, 0) is 19.1 Å². The number of hydrogen-bond donors (Lipinski definition) is 1. The summed E-state index contributed by atoms with van der Waals surface area (Å²) in [5.41, 5.74) is 5.41. The van der Waals surface area contributed by atoms with Crippen molar-refractivity contribution in [2.75, 3.05) is 6.61 Å². The molecule has 1 unspecified atom stereocenters. The molecule has 0 saturated heterocycles. The highest BCUT2D eigenvalue weighted by Gasteiger charge is 2.28. The van der Waals surface area contributed by atoms with E-state index in [4.69, 9.17) is 10.5 Å². The molecule has 1 aliphatic rings. The van der Waals surface area contributed by atoms with Gasteiger partial charge in [0.15, 0.2) is 0 Å². The number of rotatable bonds is 4. The fraction of sp³-hybridized carbons (Fsp3) is 0.818. The Kier molecular flexibility index (Phi) is 5.25. The van der Waals surface area contributed by atoms with Gasteiger partial charge in [-0.15, -0.1) is 0 Å². The third kappa shape index (κ3) is 3.81. The summed E-state index contributed by atoms with van der Waals surface area (Å²) in [4.78, 5) is 22.7. The summed E-state index contributed by atoms with van der Waals surface area (Å²) < 4.78 is 9.80. The van der Waals surface area contributed by atoms with Crippen LogP contribution in [0.25, 0.3) is 0 Å². The van der Waals surface area contributed by atoms with Crippen LogP contribution < -0.4 is 5.73 Å². The normalized spacial score (nSPS) is 18.9. The van der Waals surface area contributed by atoms with Crippen LogP contribution in [-0.4, -0.2) is 30.7 Å². The van der Waals surface area contributed by atoms with Crippen molar-refractivity contribution in [3.8, 4) is 0 Å². The van der Waals surface area contributed by atoms with Crippen molar-refractivity contribution in [2.24, 2.45) is 5.73 Å². The van der Waals surface area contributed by atoms with E-state index in [-0.39, 0.29) is 12.7 Å². The first-order valence-electron chi connectivity index (χ1n) is 5.78. The van der Waals surface area contributed by atoms with Crippen molar-refractivity contribution >= 4 is 11.9 Å². The zero-order valence-corrected chi connectivity index (χ0v) is 9.61. The zero-order chi connectivity index (χ0) is 12.0. The maximum Gasteiger partial charge on any atom is 0.334 e. The molecule has 0 amide bonds. The molecule has 0 aromatic heterocycles. The van der Waals surface area contributed by atoms with Gasteiger partial charge in [0, 0.05) is 0 Å². The minimum absolute atomic E-state index is 0.0817. The van der Waals surface area contributed by atoms with Crippen LogP contribution in [0.2, 0.25) is 0 Å². The number of ether oxygens (including phenoxy) is 2. The second-order valence-corrected chi connectivity index (χ2v) is 3.93. The molecule has 1 atom stereocenters. The second-order valence-electron chi connectivity index (χ2n) is 3.93. The molecule has 16 heavy (non-hydrogen) atoms. The van der Waals surface area contributed by atoms with Crippen molar-refractivity contribution in [1.82, 2.24) is 0 Å². The molecule has 0 heterocycles. The molecule has 0 spiro atoms. The Morgan fingerprint density at radius 2 is 1.88 bits per heavy atom. The predicted octanol–water partition coefficient (Wildman–Crippen LogP) is 0.753. The first kappa shape index (κ1) is 13.0. The van der Waals surface area contributed by atoms with E-state index in [1.54, 1.807) is 6.92 Å².